The Morgan fingerprint density at radius 2 is 2.04 bits per heavy atom. The number of fused-ring (bicyclic) bond motifs is 1. The van der Waals surface area contributed by atoms with Crippen LogP contribution in [0.25, 0.3) is 0 Å². The molecule has 1 aliphatic carbocycles. The van der Waals surface area contributed by atoms with E-state index in [1.165, 1.54) is 18.5 Å². The molecule has 25 heavy (non-hydrogen) atoms. The molecule has 1 N–H and O–H groups in total. The van der Waals surface area contributed by atoms with Crippen LogP contribution in [0.4, 0.5) is 14.5 Å². The number of allylic oxidation sites excluding steroid dienone is 1. The van der Waals surface area contributed by atoms with E-state index in [-0.39, 0.29) is 22.1 Å². The molecule has 0 bridgehead atoms. The Bertz CT molecular complexity index is 864. The topological polar surface area (TPSA) is 55.2 Å². The summed E-state index contributed by atoms with van der Waals surface area (Å²) in [4.78, 5) is 8.56. The minimum atomic E-state index is -0.719. The van der Waals surface area contributed by atoms with Gasteiger partial charge in [0.25, 0.3) is 0 Å². The lowest BCUT2D eigenvalue weighted by Gasteiger charge is -2.34. The first kappa shape index (κ1) is 16.3. The molecule has 2 unspecified atom stereocenters. The van der Waals surface area contributed by atoms with Crippen molar-refractivity contribution in [2.24, 2.45) is 15.9 Å². The van der Waals surface area contributed by atoms with E-state index in [0.29, 0.717) is 30.4 Å². The maximum atomic E-state index is 14.3. The van der Waals surface area contributed by atoms with E-state index in [1.54, 1.807) is 6.08 Å². The minimum Gasteiger partial charge on any atom is -0.490 e. The Balaban J connectivity index is 1.73. The van der Waals surface area contributed by atoms with Crippen molar-refractivity contribution < 1.29 is 18.3 Å². The Hall–Kier alpha value is -2.22. The van der Waals surface area contributed by atoms with Crippen molar-refractivity contribution in [3.63, 3.8) is 0 Å². The Kier molecular flexibility index (Phi) is 4.07. The van der Waals surface area contributed by atoms with E-state index < -0.39 is 11.6 Å². The molecule has 1 aromatic rings. The maximum absolute atomic E-state index is 14.3. The monoisotopic (exact) mass is 409 g/mol. The number of halogens is 3. The number of nitrogens with one attached hydrogen (secondary N) is 1. The van der Waals surface area contributed by atoms with E-state index in [9.17, 15) is 8.78 Å². The van der Waals surface area contributed by atoms with Gasteiger partial charge in [-0.3, -0.25) is 4.99 Å². The van der Waals surface area contributed by atoms with E-state index >= 15 is 0 Å². The molecular formula is C17H14BrF2N3O2. The molecule has 2 aliphatic heterocycles. The number of nitrogens with zero attached hydrogens (tertiary/aromatic N) is 2. The fraction of sp³-hybridized carbons (Fsp3) is 0.294. The van der Waals surface area contributed by atoms with Crippen LogP contribution in [-0.4, -0.2) is 31.4 Å². The van der Waals surface area contributed by atoms with Crippen molar-refractivity contribution >= 4 is 33.8 Å². The second-order valence-corrected chi connectivity index (χ2v) is 6.70. The summed E-state index contributed by atoms with van der Waals surface area (Å²) in [5.74, 6) is 0.219. The van der Waals surface area contributed by atoms with Gasteiger partial charge in [0.2, 0.25) is 0 Å². The average molecular weight is 410 g/mol. The molecule has 8 heteroatoms. The molecule has 0 spiro atoms. The van der Waals surface area contributed by atoms with Gasteiger partial charge >= 0.3 is 0 Å². The van der Waals surface area contributed by atoms with Crippen molar-refractivity contribution in [2.45, 2.75) is 13.0 Å². The molecule has 0 aromatic heterocycles. The number of aliphatic imine (C=N–C) groups is 2. The largest absolute Gasteiger partial charge is 0.490 e. The molecule has 0 saturated heterocycles. The highest BCUT2D eigenvalue weighted by Gasteiger charge is 2.37. The number of anilines is 1. The quantitative estimate of drug-likeness (QED) is 0.718. The van der Waals surface area contributed by atoms with Gasteiger partial charge in [0.05, 0.1) is 10.5 Å². The fourth-order valence-corrected chi connectivity index (χ4v) is 3.40. The highest BCUT2D eigenvalue weighted by molar-refractivity contribution is 9.10. The molecule has 2 atom stereocenters. The molecular weight excluding hydrogens is 396 g/mol. The molecule has 3 aliphatic rings. The zero-order valence-corrected chi connectivity index (χ0v) is 14.8. The third-order valence-electron chi connectivity index (χ3n) is 4.31. The van der Waals surface area contributed by atoms with Gasteiger partial charge in [0.1, 0.15) is 42.7 Å². The summed E-state index contributed by atoms with van der Waals surface area (Å²) >= 11 is 3.06. The van der Waals surface area contributed by atoms with Crippen LogP contribution in [-0.2, 0) is 9.47 Å². The first-order valence-corrected chi connectivity index (χ1v) is 8.57. The average Bonchev–Trinajstić information content (AvgIpc) is 2.63. The molecule has 0 radical (unpaired) electrons. The van der Waals surface area contributed by atoms with E-state index in [0.717, 1.165) is 5.76 Å². The van der Waals surface area contributed by atoms with E-state index in [4.69, 9.17) is 9.47 Å². The molecule has 130 valence electrons. The predicted molar refractivity (Wildman–Crippen MR) is 93.6 cm³/mol. The standard InChI is InChI=1S/C17H14BrF2N3O2/c1-8-14-9(6-12-16(8)25-5-4-24-12)17(22-7-21-14)23-15-11(19)3-2-10(18)13(15)20/h2-3,6-8,14H,4-5H2,1H3,(H,21,22,23). The number of benzene rings is 1. The van der Waals surface area contributed by atoms with Gasteiger partial charge < -0.3 is 14.8 Å². The molecule has 0 fully saturated rings. The fourth-order valence-electron chi connectivity index (χ4n) is 3.07. The summed E-state index contributed by atoms with van der Waals surface area (Å²) in [5, 5.41) is 2.77. The lowest BCUT2D eigenvalue weighted by atomic mass is 9.86. The Labute approximate surface area is 151 Å². The summed E-state index contributed by atoms with van der Waals surface area (Å²) < 4.78 is 39.9. The van der Waals surface area contributed by atoms with Crippen molar-refractivity contribution in [1.82, 2.24) is 0 Å². The van der Waals surface area contributed by atoms with Crippen molar-refractivity contribution in [1.29, 1.82) is 0 Å². The lowest BCUT2D eigenvalue weighted by molar-refractivity contribution is 0.0492. The minimum absolute atomic E-state index is 0.0592. The van der Waals surface area contributed by atoms with Gasteiger partial charge in [0.15, 0.2) is 11.6 Å². The highest BCUT2D eigenvalue weighted by atomic mass is 79.9. The third-order valence-corrected chi connectivity index (χ3v) is 4.92. The van der Waals surface area contributed by atoms with Gasteiger partial charge in [-0.2, -0.15) is 0 Å². The number of amidine groups is 1. The van der Waals surface area contributed by atoms with Crippen LogP contribution in [0.3, 0.4) is 0 Å². The van der Waals surface area contributed by atoms with Crippen LogP contribution in [0.1, 0.15) is 6.92 Å². The van der Waals surface area contributed by atoms with Gasteiger partial charge in [-0.25, -0.2) is 13.8 Å². The molecule has 4 rings (SSSR count). The number of hydrogen-bond donors (Lipinski definition) is 1. The molecule has 2 heterocycles. The summed E-state index contributed by atoms with van der Waals surface area (Å²) in [5.41, 5.74) is 0.439. The molecule has 0 amide bonds. The predicted octanol–water partition coefficient (Wildman–Crippen LogP) is 3.78. The molecule has 0 saturated carbocycles. The van der Waals surface area contributed by atoms with Crippen molar-refractivity contribution in [3.05, 3.63) is 51.4 Å². The molecule has 1 aromatic carbocycles. The highest BCUT2D eigenvalue weighted by Crippen LogP contribution is 2.37. The number of hydrogen-bond acceptors (Lipinski definition) is 5. The van der Waals surface area contributed by atoms with Crippen LogP contribution >= 0.6 is 15.9 Å². The lowest BCUT2D eigenvalue weighted by Crippen LogP contribution is -2.36. The van der Waals surface area contributed by atoms with Crippen molar-refractivity contribution in [3.8, 4) is 0 Å². The normalized spacial score (nSPS) is 24.5. The van der Waals surface area contributed by atoms with Gasteiger partial charge in [-0.15, -0.1) is 0 Å². The summed E-state index contributed by atoms with van der Waals surface area (Å²) in [6, 6.07) is 2.24. The maximum Gasteiger partial charge on any atom is 0.163 e. The smallest absolute Gasteiger partial charge is 0.163 e. The SMILES string of the molecule is CC1C2=C(C=C3C(Nc4c(F)ccc(Br)c4F)=NC=NC31)OCCO2. The second kappa shape index (κ2) is 6.25. The first-order chi connectivity index (χ1) is 12.1. The zero-order valence-electron chi connectivity index (χ0n) is 13.2. The number of ether oxygens (including phenoxy) is 2. The number of rotatable bonds is 1. The van der Waals surface area contributed by atoms with Crippen LogP contribution in [0, 0.1) is 17.6 Å². The van der Waals surface area contributed by atoms with Gasteiger partial charge in [-0.05, 0) is 34.1 Å². The molecule has 5 nitrogen and oxygen atoms in total. The van der Waals surface area contributed by atoms with Gasteiger partial charge in [-0.1, -0.05) is 6.92 Å². The van der Waals surface area contributed by atoms with Crippen LogP contribution < -0.4 is 5.32 Å². The summed E-state index contributed by atoms with van der Waals surface area (Å²) in [6.45, 7) is 2.93. The van der Waals surface area contributed by atoms with E-state index in [2.05, 4.69) is 31.2 Å². The zero-order chi connectivity index (χ0) is 17.6. The summed E-state index contributed by atoms with van der Waals surface area (Å²) in [6.07, 6.45) is 3.17. The Morgan fingerprint density at radius 1 is 1.24 bits per heavy atom. The van der Waals surface area contributed by atoms with Crippen molar-refractivity contribution in [2.75, 3.05) is 18.5 Å². The van der Waals surface area contributed by atoms with Crippen LogP contribution in [0.5, 0.6) is 0 Å². The first-order valence-electron chi connectivity index (χ1n) is 7.78. The van der Waals surface area contributed by atoms with E-state index in [1.807, 2.05) is 6.92 Å². The second-order valence-electron chi connectivity index (χ2n) is 5.84. The van der Waals surface area contributed by atoms with Crippen LogP contribution in [0.15, 0.2) is 49.8 Å². The van der Waals surface area contributed by atoms with Gasteiger partial charge in [0, 0.05) is 11.5 Å². The Morgan fingerprint density at radius 3 is 2.88 bits per heavy atom. The summed E-state index contributed by atoms with van der Waals surface area (Å²) in [7, 11) is 0. The third kappa shape index (κ3) is 2.74. The van der Waals surface area contributed by atoms with Crippen LogP contribution in [0.2, 0.25) is 0 Å².